The molecule has 0 radical (unpaired) electrons. The lowest BCUT2D eigenvalue weighted by Gasteiger charge is -2.06. The van der Waals surface area contributed by atoms with Gasteiger partial charge in [-0.1, -0.05) is 12.1 Å². The topological polar surface area (TPSA) is 54.4 Å². The number of hydrogen-bond donors (Lipinski definition) is 1. The van der Waals surface area contributed by atoms with Gasteiger partial charge in [-0.15, -0.1) is 0 Å². The third-order valence-electron chi connectivity index (χ3n) is 2.83. The first-order valence-corrected chi connectivity index (χ1v) is 7.26. The molecule has 104 valence electrons. The number of rotatable bonds is 4. The van der Waals surface area contributed by atoms with Crippen molar-refractivity contribution in [1.82, 2.24) is 0 Å². The second-order valence-corrected chi connectivity index (χ2v) is 5.87. The molecular formula is C15H13FO3S. The van der Waals surface area contributed by atoms with Crippen molar-refractivity contribution < 1.29 is 18.5 Å². The molecule has 0 saturated carbocycles. The maximum atomic E-state index is 13.7. The fraction of sp³-hybridized carbons (Fsp3) is 0.133. The minimum absolute atomic E-state index is 0.0114. The van der Waals surface area contributed by atoms with Gasteiger partial charge >= 0.3 is 5.97 Å². The minimum Gasteiger partial charge on any atom is -0.478 e. The smallest absolute Gasteiger partial charge is 0.335 e. The minimum atomic E-state index is -1.41. The molecule has 0 fully saturated rings. The molecule has 0 aliphatic rings. The van der Waals surface area contributed by atoms with Crippen LogP contribution < -0.4 is 0 Å². The van der Waals surface area contributed by atoms with Crippen molar-refractivity contribution in [1.29, 1.82) is 0 Å². The highest BCUT2D eigenvalue weighted by Gasteiger charge is 2.12. The lowest BCUT2D eigenvalue weighted by Crippen LogP contribution is -2.03. The van der Waals surface area contributed by atoms with E-state index in [9.17, 15) is 13.4 Å². The number of halogens is 1. The van der Waals surface area contributed by atoms with Crippen LogP contribution in [0.15, 0.2) is 47.4 Å². The fourth-order valence-electron chi connectivity index (χ4n) is 1.80. The molecule has 0 spiro atoms. The molecule has 0 heterocycles. The Labute approximate surface area is 118 Å². The van der Waals surface area contributed by atoms with Crippen molar-refractivity contribution >= 4 is 16.8 Å². The zero-order valence-electron chi connectivity index (χ0n) is 10.8. The summed E-state index contributed by atoms with van der Waals surface area (Å²) in [6.45, 7) is 1.88. The Morgan fingerprint density at radius 1 is 1.25 bits per heavy atom. The summed E-state index contributed by atoms with van der Waals surface area (Å²) in [6.07, 6.45) is 0. The van der Waals surface area contributed by atoms with Gasteiger partial charge in [0.1, 0.15) is 5.82 Å². The van der Waals surface area contributed by atoms with E-state index in [1.165, 1.54) is 12.1 Å². The van der Waals surface area contributed by atoms with Crippen LogP contribution in [-0.2, 0) is 16.6 Å². The molecule has 1 N–H and O–H groups in total. The molecule has 2 aromatic rings. The van der Waals surface area contributed by atoms with Gasteiger partial charge in [0.2, 0.25) is 0 Å². The molecule has 0 saturated heterocycles. The van der Waals surface area contributed by atoms with E-state index in [4.69, 9.17) is 5.11 Å². The molecule has 1 atom stereocenters. The van der Waals surface area contributed by atoms with Gasteiger partial charge in [0.25, 0.3) is 0 Å². The maximum Gasteiger partial charge on any atom is 0.335 e. The van der Waals surface area contributed by atoms with E-state index in [1.807, 2.05) is 13.0 Å². The zero-order chi connectivity index (χ0) is 14.7. The van der Waals surface area contributed by atoms with E-state index < -0.39 is 22.6 Å². The number of carboxylic acids is 1. The molecule has 0 bridgehead atoms. The lowest BCUT2D eigenvalue weighted by molar-refractivity contribution is 0.0696. The Balaban J connectivity index is 2.27. The van der Waals surface area contributed by atoms with Crippen molar-refractivity contribution in [3.8, 4) is 0 Å². The summed E-state index contributed by atoms with van der Waals surface area (Å²) in [5, 5.41) is 8.89. The average molecular weight is 292 g/mol. The summed E-state index contributed by atoms with van der Waals surface area (Å²) in [4.78, 5) is 11.5. The van der Waals surface area contributed by atoms with Crippen LogP contribution in [0.5, 0.6) is 0 Å². The molecule has 0 aliphatic heterocycles. The van der Waals surface area contributed by atoms with Gasteiger partial charge < -0.3 is 5.11 Å². The summed E-state index contributed by atoms with van der Waals surface area (Å²) in [5.41, 5.74) is 1.10. The van der Waals surface area contributed by atoms with Gasteiger partial charge in [-0.2, -0.15) is 0 Å². The van der Waals surface area contributed by atoms with Crippen molar-refractivity contribution in [3.63, 3.8) is 0 Å². The highest BCUT2D eigenvalue weighted by Crippen LogP contribution is 2.17. The summed E-state index contributed by atoms with van der Waals surface area (Å²) >= 11 is 0. The Hall–Kier alpha value is -2.01. The first kappa shape index (κ1) is 14.4. The molecule has 2 aromatic carbocycles. The van der Waals surface area contributed by atoms with Crippen molar-refractivity contribution in [2.75, 3.05) is 0 Å². The number of carbonyl (C=O) groups is 1. The van der Waals surface area contributed by atoms with Gasteiger partial charge in [-0.3, -0.25) is 4.21 Å². The molecular weight excluding hydrogens is 279 g/mol. The van der Waals surface area contributed by atoms with E-state index >= 15 is 0 Å². The van der Waals surface area contributed by atoms with E-state index in [2.05, 4.69) is 0 Å². The van der Waals surface area contributed by atoms with Crippen LogP contribution in [0.1, 0.15) is 21.5 Å². The standard InChI is InChI=1S/C15H13FO3S/c1-10-3-2-4-13(7-10)20(19)9-12-8-11(15(17)18)5-6-14(12)16/h2-8H,9H2,1H3,(H,17,18). The second kappa shape index (κ2) is 5.96. The Morgan fingerprint density at radius 3 is 2.65 bits per heavy atom. The van der Waals surface area contributed by atoms with E-state index in [-0.39, 0.29) is 16.9 Å². The average Bonchev–Trinajstić information content (AvgIpc) is 2.41. The van der Waals surface area contributed by atoms with Gasteiger partial charge in [0.15, 0.2) is 0 Å². The summed E-state index contributed by atoms with van der Waals surface area (Å²) in [7, 11) is -1.41. The van der Waals surface area contributed by atoms with Crippen LogP contribution in [-0.4, -0.2) is 15.3 Å². The van der Waals surface area contributed by atoms with Crippen molar-refractivity contribution in [2.45, 2.75) is 17.6 Å². The molecule has 1 unspecified atom stereocenters. The molecule has 0 amide bonds. The zero-order valence-corrected chi connectivity index (χ0v) is 11.6. The van der Waals surface area contributed by atoms with Gasteiger partial charge in [-0.25, -0.2) is 9.18 Å². The highest BCUT2D eigenvalue weighted by atomic mass is 32.2. The van der Waals surface area contributed by atoms with E-state index in [0.29, 0.717) is 4.90 Å². The van der Waals surface area contributed by atoms with Crippen LogP contribution in [0.4, 0.5) is 4.39 Å². The lowest BCUT2D eigenvalue weighted by atomic mass is 10.1. The SMILES string of the molecule is Cc1cccc(S(=O)Cc2cc(C(=O)O)ccc2F)c1. The molecule has 0 aliphatic carbocycles. The largest absolute Gasteiger partial charge is 0.478 e. The van der Waals surface area contributed by atoms with Crippen molar-refractivity contribution in [2.24, 2.45) is 0 Å². The molecule has 3 nitrogen and oxygen atoms in total. The number of benzene rings is 2. The monoisotopic (exact) mass is 292 g/mol. The van der Waals surface area contributed by atoms with E-state index in [1.54, 1.807) is 18.2 Å². The van der Waals surface area contributed by atoms with Gasteiger partial charge in [0.05, 0.1) is 22.1 Å². The molecule has 5 heteroatoms. The second-order valence-electron chi connectivity index (χ2n) is 4.42. The third-order valence-corrected chi connectivity index (χ3v) is 4.18. The van der Waals surface area contributed by atoms with Crippen LogP contribution in [0.25, 0.3) is 0 Å². The molecule has 0 aromatic heterocycles. The quantitative estimate of drug-likeness (QED) is 0.942. The highest BCUT2D eigenvalue weighted by molar-refractivity contribution is 7.84. The van der Waals surface area contributed by atoms with Crippen LogP contribution in [0.3, 0.4) is 0 Å². The van der Waals surface area contributed by atoms with E-state index in [0.717, 1.165) is 11.6 Å². The van der Waals surface area contributed by atoms with Crippen molar-refractivity contribution in [3.05, 3.63) is 65.0 Å². The first-order chi connectivity index (χ1) is 9.47. The molecule has 20 heavy (non-hydrogen) atoms. The summed E-state index contributed by atoms with van der Waals surface area (Å²) < 4.78 is 25.9. The Kier molecular flexibility index (Phi) is 4.29. The summed E-state index contributed by atoms with van der Waals surface area (Å²) in [5.74, 6) is -1.72. The third kappa shape index (κ3) is 3.30. The Morgan fingerprint density at radius 2 is 2.00 bits per heavy atom. The van der Waals surface area contributed by atoms with Crippen LogP contribution in [0.2, 0.25) is 0 Å². The number of aryl methyl sites for hydroxylation is 1. The normalized spacial score (nSPS) is 12.1. The van der Waals surface area contributed by atoms with Crippen LogP contribution >= 0.6 is 0 Å². The number of aromatic carboxylic acids is 1. The van der Waals surface area contributed by atoms with Gasteiger partial charge in [-0.05, 0) is 42.8 Å². The first-order valence-electron chi connectivity index (χ1n) is 5.94. The Bertz CT molecular complexity index is 683. The fourth-order valence-corrected chi connectivity index (χ4v) is 3.02. The van der Waals surface area contributed by atoms with Crippen LogP contribution in [0, 0.1) is 12.7 Å². The number of carboxylic acid groups (broad SMARTS) is 1. The predicted molar refractivity (Wildman–Crippen MR) is 74.7 cm³/mol. The number of hydrogen-bond acceptors (Lipinski definition) is 2. The maximum absolute atomic E-state index is 13.7. The van der Waals surface area contributed by atoms with Gasteiger partial charge in [0, 0.05) is 10.5 Å². The molecule has 2 rings (SSSR count). The predicted octanol–water partition coefficient (Wildman–Crippen LogP) is 3.14. The summed E-state index contributed by atoms with van der Waals surface area (Å²) in [6, 6.07) is 10.7.